The van der Waals surface area contributed by atoms with Gasteiger partial charge >= 0.3 is 0 Å². The van der Waals surface area contributed by atoms with Crippen LogP contribution in [0.5, 0.6) is 11.5 Å². The van der Waals surface area contributed by atoms with Gasteiger partial charge in [0, 0.05) is 47.2 Å². The van der Waals surface area contributed by atoms with Crippen molar-refractivity contribution in [2.24, 2.45) is 0 Å². The minimum Gasteiger partial charge on any atom is -0.485 e. The van der Waals surface area contributed by atoms with E-state index in [1.165, 1.54) is 0 Å². The van der Waals surface area contributed by atoms with Crippen molar-refractivity contribution in [1.82, 2.24) is 4.57 Å². The third-order valence-electron chi connectivity index (χ3n) is 7.95. The molecule has 2 bridgehead atoms. The Labute approximate surface area is 232 Å². The van der Waals surface area contributed by atoms with Crippen molar-refractivity contribution in [3.05, 3.63) is 126 Å². The van der Waals surface area contributed by atoms with Crippen LogP contribution in [0.4, 0.5) is 5.69 Å². The lowest BCUT2D eigenvalue weighted by Gasteiger charge is -2.50. The van der Waals surface area contributed by atoms with Gasteiger partial charge in [-0.3, -0.25) is 19.1 Å². The van der Waals surface area contributed by atoms with Crippen LogP contribution in [0.1, 0.15) is 47.2 Å². The smallest absolute Gasteiger partial charge is 0.262 e. The van der Waals surface area contributed by atoms with Crippen LogP contribution in [0, 0.1) is 0 Å². The first-order valence-corrected chi connectivity index (χ1v) is 13.5. The molecule has 2 unspecified atom stereocenters. The number of amides is 1. The van der Waals surface area contributed by atoms with Crippen LogP contribution in [0.25, 0.3) is 10.9 Å². The summed E-state index contributed by atoms with van der Waals surface area (Å²) in [5.41, 5.74) is 3.12. The average molecular weight is 529 g/mol. The van der Waals surface area contributed by atoms with E-state index in [0.717, 1.165) is 22.0 Å². The van der Waals surface area contributed by atoms with Gasteiger partial charge in [0.2, 0.25) is 5.91 Å². The van der Waals surface area contributed by atoms with Crippen LogP contribution in [0.15, 0.2) is 109 Å². The molecule has 7 rings (SSSR count). The Bertz CT molecular complexity index is 1760. The van der Waals surface area contributed by atoms with Crippen LogP contribution in [-0.2, 0) is 11.4 Å². The zero-order valence-electron chi connectivity index (χ0n) is 22.1. The summed E-state index contributed by atoms with van der Waals surface area (Å²) in [5.74, 6) is 1.18. The fourth-order valence-electron chi connectivity index (χ4n) is 6.12. The molecule has 198 valence electrons. The van der Waals surface area contributed by atoms with Gasteiger partial charge in [0.15, 0.2) is 17.2 Å². The summed E-state index contributed by atoms with van der Waals surface area (Å²) in [7, 11) is 0. The van der Waals surface area contributed by atoms with Crippen molar-refractivity contribution in [2.75, 3.05) is 4.90 Å². The molecular weight excluding hydrogens is 500 g/mol. The Morgan fingerprint density at radius 2 is 1.75 bits per heavy atom. The maximum absolute atomic E-state index is 13.6. The molecule has 2 aliphatic heterocycles. The number of nitrogens with zero attached hydrogens (tertiary/aromatic N) is 2. The van der Waals surface area contributed by atoms with Crippen molar-refractivity contribution in [1.29, 1.82) is 0 Å². The second-order valence-electron chi connectivity index (χ2n) is 10.7. The first kappa shape index (κ1) is 24.2. The molecule has 4 aromatic carbocycles. The van der Waals surface area contributed by atoms with Gasteiger partial charge in [-0.15, -0.1) is 0 Å². The Morgan fingerprint density at radius 3 is 2.62 bits per heavy atom. The third kappa shape index (κ3) is 4.04. The van der Waals surface area contributed by atoms with Gasteiger partial charge in [0.05, 0.1) is 5.52 Å². The van der Waals surface area contributed by atoms with E-state index in [-0.39, 0.29) is 17.7 Å². The van der Waals surface area contributed by atoms with Crippen molar-refractivity contribution >= 4 is 28.4 Å². The molecule has 0 aliphatic carbocycles. The summed E-state index contributed by atoms with van der Waals surface area (Å²) >= 11 is 0. The first-order chi connectivity index (χ1) is 19.5. The zero-order chi connectivity index (χ0) is 27.3. The van der Waals surface area contributed by atoms with Crippen LogP contribution in [-0.4, -0.2) is 22.1 Å². The predicted octanol–water partition coefficient (Wildman–Crippen LogP) is 6.93. The Kier molecular flexibility index (Phi) is 5.70. The van der Waals surface area contributed by atoms with Gasteiger partial charge in [-0.1, -0.05) is 66.7 Å². The number of piperidine rings is 1. The average Bonchev–Trinajstić information content (AvgIpc) is 3.40. The zero-order valence-corrected chi connectivity index (χ0v) is 22.1. The maximum Gasteiger partial charge on any atom is 0.262 e. The number of ether oxygens (including phenoxy) is 2. The first-order valence-electron chi connectivity index (χ1n) is 13.5. The number of anilines is 1. The van der Waals surface area contributed by atoms with Crippen LogP contribution >= 0.6 is 0 Å². The number of rotatable bonds is 5. The fraction of sp³-hybridized carbons (Fsp3) is 0.176. The number of carbonyl (C=O) groups is 2. The highest BCUT2D eigenvalue weighted by molar-refractivity contribution is 6.04. The van der Waals surface area contributed by atoms with E-state index in [2.05, 4.69) is 0 Å². The van der Waals surface area contributed by atoms with Gasteiger partial charge in [0.25, 0.3) is 5.91 Å². The summed E-state index contributed by atoms with van der Waals surface area (Å²) in [6.45, 7) is 2.37. The molecular formula is C34H28N2O4. The van der Waals surface area contributed by atoms with Gasteiger partial charge < -0.3 is 9.47 Å². The van der Waals surface area contributed by atoms with Gasteiger partial charge in [-0.05, 0) is 48.9 Å². The lowest BCUT2D eigenvalue weighted by molar-refractivity contribution is -0.127. The number of hydrogen-bond donors (Lipinski definition) is 0. The van der Waals surface area contributed by atoms with Crippen LogP contribution < -0.4 is 14.4 Å². The second kappa shape index (κ2) is 9.42. The van der Waals surface area contributed by atoms with E-state index < -0.39 is 5.72 Å². The molecule has 3 heterocycles. The molecule has 0 saturated carbocycles. The molecule has 0 N–H and O–H groups in total. The highest BCUT2D eigenvalue weighted by Gasteiger charge is 2.50. The summed E-state index contributed by atoms with van der Waals surface area (Å²) in [6.07, 6.45) is 2.79. The molecule has 1 amide bonds. The van der Waals surface area contributed by atoms with Crippen LogP contribution in [0.3, 0.4) is 0 Å². The molecule has 0 radical (unpaired) electrons. The number of aromatic nitrogens is 1. The van der Waals surface area contributed by atoms with Crippen molar-refractivity contribution < 1.29 is 19.1 Å². The van der Waals surface area contributed by atoms with Gasteiger partial charge in [0.1, 0.15) is 6.61 Å². The predicted molar refractivity (Wildman–Crippen MR) is 154 cm³/mol. The minimum atomic E-state index is -0.930. The lowest BCUT2D eigenvalue weighted by Crippen LogP contribution is -2.60. The van der Waals surface area contributed by atoms with E-state index in [0.29, 0.717) is 42.2 Å². The number of fused-ring (bicyclic) bond motifs is 5. The number of hydrogen-bond acceptors (Lipinski definition) is 4. The Morgan fingerprint density at radius 1 is 0.950 bits per heavy atom. The van der Waals surface area contributed by atoms with Crippen LogP contribution in [0.2, 0.25) is 0 Å². The van der Waals surface area contributed by atoms with E-state index in [9.17, 15) is 9.59 Å². The third-order valence-corrected chi connectivity index (χ3v) is 7.95. The summed E-state index contributed by atoms with van der Waals surface area (Å²) in [6, 6.07) is 32.9. The quantitative estimate of drug-likeness (QED) is 0.248. The van der Waals surface area contributed by atoms with Gasteiger partial charge in [-0.2, -0.15) is 0 Å². The highest BCUT2D eigenvalue weighted by Crippen LogP contribution is 2.52. The summed E-state index contributed by atoms with van der Waals surface area (Å²) < 4.78 is 14.5. The minimum absolute atomic E-state index is 0.0221. The number of benzene rings is 4. The Hall–Kier alpha value is -4.84. The molecule has 1 aromatic heterocycles. The molecule has 0 spiro atoms. The SMILES string of the molecule is CC12CC(CC(=O)N1c1cccc(C(=O)n3ccc4ccccc43)c1)c1cccc(OCc3ccccc3)c1O2. The number of carbonyl (C=O) groups excluding carboxylic acids is 2. The molecule has 5 aromatic rings. The van der Waals surface area contributed by atoms with Crippen molar-refractivity contribution in [3.63, 3.8) is 0 Å². The second-order valence-corrected chi connectivity index (χ2v) is 10.7. The highest BCUT2D eigenvalue weighted by atomic mass is 16.5. The molecule has 6 nitrogen and oxygen atoms in total. The lowest BCUT2D eigenvalue weighted by atomic mass is 9.80. The molecule has 1 saturated heterocycles. The fourth-order valence-corrected chi connectivity index (χ4v) is 6.12. The molecule has 6 heteroatoms. The monoisotopic (exact) mass is 528 g/mol. The standard InChI is InChI=1S/C34H28N2O4/c1-34-21-26(28-14-8-16-30(32(28)40-34)39-22-23-9-3-2-4-10-23)20-31(37)36(34)27-13-7-12-25(19-27)33(38)35-18-17-24-11-5-6-15-29(24)35/h2-19,26H,20-22H2,1H3. The van der Waals surface area contributed by atoms with E-state index in [1.807, 2.05) is 97.9 Å². The summed E-state index contributed by atoms with van der Waals surface area (Å²) in [5, 5.41) is 0.997. The molecule has 2 atom stereocenters. The molecule has 40 heavy (non-hydrogen) atoms. The topological polar surface area (TPSA) is 60.8 Å². The van der Waals surface area contributed by atoms with E-state index in [4.69, 9.17) is 9.47 Å². The normalized spacial score (nSPS) is 19.7. The number of para-hydroxylation sites is 2. The van der Waals surface area contributed by atoms with Crippen molar-refractivity contribution in [2.45, 2.75) is 38.0 Å². The molecule has 2 aliphatic rings. The van der Waals surface area contributed by atoms with E-state index in [1.54, 1.807) is 27.8 Å². The van der Waals surface area contributed by atoms with Crippen molar-refractivity contribution in [3.8, 4) is 11.5 Å². The van der Waals surface area contributed by atoms with Gasteiger partial charge in [-0.25, -0.2) is 0 Å². The molecule has 1 fully saturated rings. The largest absolute Gasteiger partial charge is 0.485 e. The van der Waals surface area contributed by atoms with E-state index >= 15 is 0 Å². The summed E-state index contributed by atoms with van der Waals surface area (Å²) in [4.78, 5) is 28.9. The maximum atomic E-state index is 13.6. The Balaban J connectivity index is 1.21.